The second-order valence-corrected chi connectivity index (χ2v) is 5.53. The minimum Gasteiger partial charge on any atom is -0.288 e. The minimum atomic E-state index is -0.00352. The SMILES string of the molecule is CSc1sccc1C(=O)c1ccccc1Cl. The number of halogens is 1. The zero-order valence-corrected chi connectivity index (χ0v) is 11.0. The van der Waals surface area contributed by atoms with Crippen molar-refractivity contribution in [1.82, 2.24) is 0 Å². The van der Waals surface area contributed by atoms with Crippen LogP contribution in [0.25, 0.3) is 0 Å². The van der Waals surface area contributed by atoms with E-state index in [1.165, 1.54) is 0 Å². The fourth-order valence-electron chi connectivity index (χ4n) is 1.41. The van der Waals surface area contributed by atoms with Crippen LogP contribution in [-0.2, 0) is 0 Å². The zero-order chi connectivity index (χ0) is 11.5. The van der Waals surface area contributed by atoms with Gasteiger partial charge in [0.05, 0.1) is 9.23 Å². The van der Waals surface area contributed by atoms with E-state index in [2.05, 4.69) is 0 Å². The number of hydrogen-bond acceptors (Lipinski definition) is 3. The van der Waals surface area contributed by atoms with Gasteiger partial charge in [0.2, 0.25) is 0 Å². The van der Waals surface area contributed by atoms with Crippen LogP contribution in [0.4, 0.5) is 0 Å². The van der Waals surface area contributed by atoms with E-state index in [1.54, 1.807) is 35.2 Å². The van der Waals surface area contributed by atoms with Gasteiger partial charge in [-0.05, 0) is 29.8 Å². The fraction of sp³-hybridized carbons (Fsp3) is 0.0833. The number of rotatable bonds is 3. The highest BCUT2D eigenvalue weighted by Gasteiger charge is 2.16. The summed E-state index contributed by atoms with van der Waals surface area (Å²) >= 11 is 9.17. The number of carbonyl (C=O) groups excluding carboxylic acids is 1. The Morgan fingerprint density at radius 1 is 1.25 bits per heavy atom. The number of thiophene rings is 1. The van der Waals surface area contributed by atoms with Crippen LogP contribution in [0.5, 0.6) is 0 Å². The molecule has 4 heteroatoms. The predicted octanol–water partition coefficient (Wildman–Crippen LogP) is 4.35. The van der Waals surface area contributed by atoms with Crippen molar-refractivity contribution in [2.75, 3.05) is 6.26 Å². The van der Waals surface area contributed by atoms with Crippen molar-refractivity contribution in [3.8, 4) is 0 Å². The lowest BCUT2D eigenvalue weighted by Gasteiger charge is -2.03. The van der Waals surface area contributed by atoms with Crippen molar-refractivity contribution >= 4 is 40.5 Å². The maximum atomic E-state index is 12.2. The highest BCUT2D eigenvalue weighted by atomic mass is 35.5. The molecule has 82 valence electrons. The smallest absolute Gasteiger partial charge is 0.196 e. The van der Waals surface area contributed by atoms with Crippen molar-refractivity contribution in [3.05, 3.63) is 51.9 Å². The maximum absolute atomic E-state index is 12.2. The molecule has 0 aliphatic carbocycles. The van der Waals surface area contributed by atoms with E-state index in [0.29, 0.717) is 10.6 Å². The summed E-state index contributed by atoms with van der Waals surface area (Å²) in [6, 6.07) is 8.99. The molecule has 0 N–H and O–H groups in total. The van der Waals surface area contributed by atoms with Crippen molar-refractivity contribution in [2.45, 2.75) is 4.21 Å². The van der Waals surface area contributed by atoms with E-state index < -0.39 is 0 Å². The number of ketones is 1. The summed E-state index contributed by atoms with van der Waals surface area (Å²) in [5.41, 5.74) is 1.31. The average molecular weight is 269 g/mol. The molecular weight excluding hydrogens is 260 g/mol. The maximum Gasteiger partial charge on any atom is 0.196 e. The first-order valence-electron chi connectivity index (χ1n) is 4.64. The average Bonchev–Trinajstić information content (AvgIpc) is 2.77. The normalized spacial score (nSPS) is 10.4. The molecular formula is C12H9ClOS2. The molecule has 2 rings (SSSR count). The van der Waals surface area contributed by atoms with Gasteiger partial charge in [0.1, 0.15) is 0 Å². The van der Waals surface area contributed by atoms with Crippen molar-refractivity contribution < 1.29 is 4.79 Å². The first-order valence-corrected chi connectivity index (χ1v) is 7.13. The number of carbonyl (C=O) groups is 1. The summed E-state index contributed by atoms with van der Waals surface area (Å²) in [6.45, 7) is 0. The summed E-state index contributed by atoms with van der Waals surface area (Å²) in [4.78, 5) is 12.2. The van der Waals surface area contributed by atoms with E-state index >= 15 is 0 Å². The van der Waals surface area contributed by atoms with E-state index in [-0.39, 0.29) is 5.78 Å². The topological polar surface area (TPSA) is 17.1 Å². The quantitative estimate of drug-likeness (QED) is 0.608. The van der Waals surface area contributed by atoms with Gasteiger partial charge in [-0.15, -0.1) is 23.1 Å². The molecule has 0 aliphatic heterocycles. The third-order valence-electron chi connectivity index (χ3n) is 2.18. The molecule has 0 bridgehead atoms. The highest BCUT2D eigenvalue weighted by molar-refractivity contribution is 8.00. The predicted molar refractivity (Wildman–Crippen MR) is 71.0 cm³/mol. The van der Waals surface area contributed by atoms with Crippen molar-refractivity contribution in [2.24, 2.45) is 0 Å². The third-order valence-corrected chi connectivity index (χ3v) is 4.59. The van der Waals surface area contributed by atoms with Crippen LogP contribution < -0.4 is 0 Å². The second-order valence-electron chi connectivity index (χ2n) is 3.13. The van der Waals surface area contributed by atoms with E-state index in [4.69, 9.17) is 11.6 Å². The molecule has 0 aliphatic rings. The van der Waals surface area contributed by atoms with Crippen LogP contribution in [0.2, 0.25) is 5.02 Å². The first kappa shape index (κ1) is 11.7. The number of benzene rings is 1. The number of hydrogen-bond donors (Lipinski definition) is 0. The lowest BCUT2D eigenvalue weighted by atomic mass is 10.1. The Kier molecular flexibility index (Phi) is 3.69. The van der Waals surface area contributed by atoms with Gasteiger partial charge >= 0.3 is 0 Å². The van der Waals surface area contributed by atoms with Crippen LogP contribution in [-0.4, -0.2) is 12.0 Å². The van der Waals surface area contributed by atoms with E-state index in [9.17, 15) is 4.79 Å². The van der Waals surface area contributed by atoms with E-state index in [1.807, 2.05) is 29.8 Å². The summed E-state index contributed by atoms with van der Waals surface area (Å²) < 4.78 is 1.03. The molecule has 2 aromatic rings. The molecule has 0 amide bonds. The van der Waals surface area contributed by atoms with Gasteiger partial charge in [0, 0.05) is 11.1 Å². The van der Waals surface area contributed by atoms with Crippen LogP contribution in [0.15, 0.2) is 39.9 Å². The van der Waals surface area contributed by atoms with Gasteiger partial charge in [0.15, 0.2) is 5.78 Å². The fourth-order valence-corrected chi connectivity index (χ4v) is 3.18. The van der Waals surface area contributed by atoms with Gasteiger partial charge in [-0.3, -0.25) is 4.79 Å². The van der Waals surface area contributed by atoms with Crippen molar-refractivity contribution in [3.63, 3.8) is 0 Å². The van der Waals surface area contributed by atoms with Gasteiger partial charge in [-0.2, -0.15) is 0 Å². The molecule has 1 heterocycles. The molecule has 0 unspecified atom stereocenters. The molecule has 0 atom stereocenters. The van der Waals surface area contributed by atoms with Crippen LogP contribution in [0.1, 0.15) is 15.9 Å². The Bertz CT molecular complexity index is 519. The van der Waals surface area contributed by atoms with Crippen LogP contribution in [0, 0.1) is 0 Å². The molecule has 0 radical (unpaired) electrons. The summed E-state index contributed by atoms with van der Waals surface area (Å²) in [5.74, 6) is -0.00352. The van der Waals surface area contributed by atoms with E-state index in [0.717, 1.165) is 9.77 Å². The van der Waals surface area contributed by atoms with Gasteiger partial charge < -0.3 is 0 Å². The Hall–Kier alpha value is -0.770. The zero-order valence-electron chi connectivity index (χ0n) is 8.57. The minimum absolute atomic E-state index is 0.00352. The number of thioether (sulfide) groups is 1. The Morgan fingerprint density at radius 2 is 2.00 bits per heavy atom. The van der Waals surface area contributed by atoms with Crippen LogP contribution in [0.3, 0.4) is 0 Å². The largest absolute Gasteiger partial charge is 0.288 e. The molecule has 1 nitrogen and oxygen atoms in total. The first-order chi connectivity index (χ1) is 7.74. The molecule has 1 aromatic heterocycles. The molecule has 0 saturated carbocycles. The molecule has 0 saturated heterocycles. The second kappa shape index (κ2) is 5.04. The monoisotopic (exact) mass is 268 g/mol. The van der Waals surface area contributed by atoms with Gasteiger partial charge in [0.25, 0.3) is 0 Å². The summed E-state index contributed by atoms with van der Waals surface area (Å²) in [5, 5.41) is 2.43. The van der Waals surface area contributed by atoms with Gasteiger partial charge in [-0.1, -0.05) is 23.7 Å². The lowest BCUT2D eigenvalue weighted by Crippen LogP contribution is -2.01. The Morgan fingerprint density at radius 3 is 2.69 bits per heavy atom. The summed E-state index contributed by atoms with van der Waals surface area (Å²) in [6.07, 6.45) is 1.97. The Balaban J connectivity index is 2.44. The highest BCUT2D eigenvalue weighted by Crippen LogP contribution is 2.30. The standard InChI is InChI=1S/C12H9ClOS2/c1-15-12-9(6-7-16-12)11(14)8-4-2-3-5-10(8)13/h2-7H,1H3. The van der Waals surface area contributed by atoms with Crippen LogP contribution >= 0.6 is 34.7 Å². The molecule has 0 spiro atoms. The third kappa shape index (κ3) is 2.17. The van der Waals surface area contributed by atoms with Crippen molar-refractivity contribution in [1.29, 1.82) is 0 Å². The molecule has 0 fully saturated rings. The van der Waals surface area contributed by atoms with Gasteiger partial charge in [-0.25, -0.2) is 0 Å². The Labute approximate surface area is 107 Å². The molecule has 16 heavy (non-hydrogen) atoms. The summed E-state index contributed by atoms with van der Waals surface area (Å²) in [7, 11) is 0. The molecule has 1 aromatic carbocycles. The lowest BCUT2D eigenvalue weighted by molar-refractivity contribution is 0.103.